The van der Waals surface area contributed by atoms with Crippen LogP contribution in [0.5, 0.6) is 0 Å². The SMILES string of the molecule is CC1SC(=S)N(CC(=O)Nc2ccccc2Cl)C1=O. The van der Waals surface area contributed by atoms with Crippen LogP contribution in [-0.4, -0.2) is 32.8 Å². The quantitative estimate of drug-likeness (QED) is 0.871. The highest BCUT2D eigenvalue weighted by Crippen LogP contribution is 2.26. The molecule has 1 aliphatic rings. The molecule has 1 fully saturated rings. The molecule has 0 bridgehead atoms. The first-order chi connectivity index (χ1) is 8.99. The highest BCUT2D eigenvalue weighted by Gasteiger charge is 2.34. The third-order valence-electron chi connectivity index (χ3n) is 2.56. The molecule has 0 saturated carbocycles. The summed E-state index contributed by atoms with van der Waals surface area (Å²) in [5, 5.41) is 2.89. The van der Waals surface area contributed by atoms with Crippen molar-refractivity contribution in [2.45, 2.75) is 12.2 Å². The molecule has 1 N–H and O–H groups in total. The molecule has 1 saturated heterocycles. The van der Waals surface area contributed by atoms with Crippen LogP contribution in [0.1, 0.15) is 6.92 Å². The number of thioether (sulfide) groups is 1. The standard InChI is InChI=1S/C12H11ClN2O2S2/c1-7-11(17)15(12(18)19-7)6-10(16)14-9-5-3-2-4-8(9)13/h2-5,7H,6H2,1H3,(H,14,16). The topological polar surface area (TPSA) is 49.4 Å². The Morgan fingerprint density at radius 2 is 2.21 bits per heavy atom. The van der Waals surface area contributed by atoms with E-state index in [9.17, 15) is 9.59 Å². The molecule has 100 valence electrons. The zero-order chi connectivity index (χ0) is 14.0. The Bertz CT molecular complexity index is 550. The van der Waals surface area contributed by atoms with Crippen molar-refractivity contribution in [2.75, 3.05) is 11.9 Å². The number of nitrogens with one attached hydrogen (secondary N) is 1. The number of hydrogen-bond donors (Lipinski definition) is 1. The Morgan fingerprint density at radius 3 is 2.79 bits per heavy atom. The lowest BCUT2D eigenvalue weighted by Crippen LogP contribution is -2.37. The fourth-order valence-corrected chi connectivity index (χ4v) is 3.20. The van der Waals surface area contributed by atoms with Crippen LogP contribution in [0.4, 0.5) is 5.69 Å². The molecule has 7 heteroatoms. The number of anilines is 1. The molecule has 0 aliphatic carbocycles. The molecule has 2 rings (SSSR count). The molecule has 1 aliphatic heterocycles. The number of amides is 2. The predicted octanol–water partition coefficient (Wildman–Crippen LogP) is 2.53. The molecule has 1 heterocycles. The lowest BCUT2D eigenvalue weighted by atomic mass is 10.3. The van der Waals surface area contributed by atoms with Crippen LogP contribution in [0, 0.1) is 0 Å². The van der Waals surface area contributed by atoms with E-state index in [1.165, 1.54) is 16.7 Å². The van der Waals surface area contributed by atoms with Crippen molar-refractivity contribution < 1.29 is 9.59 Å². The zero-order valence-electron chi connectivity index (χ0n) is 10.1. The van der Waals surface area contributed by atoms with Crippen molar-refractivity contribution in [1.29, 1.82) is 0 Å². The Hall–Kier alpha value is -1.11. The van der Waals surface area contributed by atoms with E-state index in [2.05, 4.69) is 5.32 Å². The summed E-state index contributed by atoms with van der Waals surface area (Å²) in [6.45, 7) is 1.69. The number of carbonyl (C=O) groups is 2. The molecule has 0 spiro atoms. The number of hydrogen-bond acceptors (Lipinski definition) is 4. The van der Waals surface area contributed by atoms with Crippen molar-refractivity contribution in [3.05, 3.63) is 29.3 Å². The predicted molar refractivity (Wildman–Crippen MR) is 81.4 cm³/mol. The molecular weight excluding hydrogens is 304 g/mol. The average molecular weight is 315 g/mol. The van der Waals surface area contributed by atoms with Crippen LogP contribution < -0.4 is 5.32 Å². The van der Waals surface area contributed by atoms with E-state index >= 15 is 0 Å². The first kappa shape index (κ1) is 14.3. The summed E-state index contributed by atoms with van der Waals surface area (Å²) in [5.41, 5.74) is 0.521. The van der Waals surface area contributed by atoms with E-state index in [0.717, 1.165) is 0 Å². The second-order valence-electron chi connectivity index (χ2n) is 3.98. The van der Waals surface area contributed by atoms with Gasteiger partial charge in [0, 0.05) is 0 Å². The third-order valence-corrected chi connectivity index (χ3v) is 4.38. The maximum Gasteiger partial charge on any atom is 0.244 e. The summed E-state index contributed by atoms with van der Waals surface area (Å²) >= 11 is 12.3. The van der Waals surface area contributed by atoms with E-state index in [4.69, 9.17) is 23.8 Å². The van der Waals surface area contributed by atoms with Gasteiger partial charge in [0.2, 0.25) is 11.8 Å². The van der Waals surface area contributed by atoms with Gasteiger partial charge < -0.3 is 5.32 Å². The van der Waals surface area contributed by atoms with E-state index in [0.29, 0.717) is 15.0 Å². The molecule has 19 heavy (non-hydrogen) atoms. The van der Waals surface area contributed by atoms with Crippen LogP contribution in [0.3, 0.4) is 0 Å². The molecule has 4 nitrogen and oxygen atoms in total. The maximum atomic E-state index is 11.9. The summed E-state index contributed by atoms with van der Waals surface area (Å²) in [6, 6.07) is 6.92. The van der Waals surface area contributed by atoms with Gasteiger partial charge in [-0.05, 0) is 19.1 Å². The third kappa shape index (κ3) is 3.26. The highest BCUT2D eigenvalue weighted by molar-refractivity contribution is 8.24. The first-order valence-corrected chi connectivity index (χ1v) is 7.22. The van der Waals surface area contributed by atoms with E-state index in [1.807, 2.05) is 0 Å². The van der Waals surface area contributed by atoms with E-state index in [1.54, 1.807) is 31.2 Å². The number of para-hydroxylation sites is 1. The van der Waals surface area contributed by atoms with Gasteiger partial charge in [-0.1, -0.05) is 47.7 Å². The lowest BCUT2D eigenvalue weighted by molar-refractivity contribution is -0.129. The number of nitrogens with zero attached hydrogens (tertiary/aromatic N) is 1. The molecule has 0 radical (unpaired) electrons. The Labute approximate surface area is 125 Å². The van der Waals surface area contributed by atoms with Crippen molar-refractivity contribution in [2.24, 2.45) is 0 Å². The first-order valence-electron chi connectivity index (χ1n) is 5.55. The molecule has 1 unspecified atom stereocenters. The minimum Gasteiger partial charge on any atom is -0.323 e. The van der Waals surface area contributed by atoms with Gasteiger partial charge in [0.05, 0.1) is 16.0 Å². The van der Waals surface area contributed by atoms with Crippen LogP contribution in [0.2, 0.25) is 5.02 Å². The van der Waals surface area contributed by atoms with Crippen molar-refractivity contribution in [3.8, 4) is 0 Å². The average Bonchev–Trinajstić information content (AvgIpc) is 2.59. The van der Waals surface area contributed by atoms with Crippen molar-refractivity contribution in [1.82, 2.24) is 4.90 Å². The summed E-state index contributed by atoms with van der Waals surface area (Å²) in [4.78, 5) is 25.0. The van der Waals surface area contributed by atoms with Crippen LogP contribution in [0.25, 0.3) is 0 Å². The highest BCUT2D eigenvalue weighted by atomic mass is 35.5. The largest absolute Gasteiger partial charge is 0.323 e. The second-order valence-corrected chi connectivity index (χ2v) is 6.36. The number of rotatable bonds is 3. The minimum absolute atomic E-state index is 0.0831. The van der Waals surface area contributed by atoms with Crippen molar-refractivity contribution >= 4 is 57.4 Å². The number of carbonyl (C=O) groups excluding carboxylic acids is 2. The van der Waals surface area contributed by atoms with Gasteiger partial charge in [0.15, 0.2) is 0 Å². The van der Waals surface area contributed by atoms with Crippen LogP contribution in [-0.2, 0) is 9.59 Å². The Morgan fingerprint density at radius 1 is 1.53 bits per heavy atom. The van der Waals surface area contributed by atoms with Gasteiger partial charge in [-0.3, -0.25) is 14.5 Å². The number of halogens is 1. The monoisotopic (exact) mass is 314 g/mol. The van der Waals surface area contributed by atoms with Gasteiger partial charge in [0.1, 0.15) is 10.9 Å². The van der Waals surface area contributed by atoms with E-state index in [-0.39, 0.29) is 23.6 Å². The molecule has 1 aromatic rings. The van der Waals surface area contributed by atoms with E-state index < -0.39 is 0 Å². The molecule has 1 atom stereocenters. The summed E-state index contributed by atoms with van der Waals surface area (Å²) in [5.74, 6) is -0.456. The fraction of sp³-hybridized carbons (Fsp3) is 0.250. The van der Waals surface area contributed by atoms with Gasteiger partial charge in [-0.15, -0.1) is 0 Å². The Kier molecular flexibility index (Phi) is 4.44. The zero-order valence-corrected chi connectivity index (χ0v) is 12.4. The van der Waals surface area contributed by atoms with Gasteiger partial charge in [0.25, 0.3) is 0 Å². The minimum atomic E-state index is -0.321. The number of thiocarbonyl (C=S) groups is 1. The molecule has 1 aromatic carbocycles. The molecule has 0 aromatic heterocycles. The van der Waals surface area contributed by atoms with Crippen LogP contribution >= 0.6 is 35.6 Å². The van der Waals surface area contributed by atoms with Crippen molar-refractivity contribution in [3.63, 3.8) is 0 Å². The summed E-state index contributed by atoms with van der Waals surface area (Å²) in [6.07, 6.45) is 0. The van der Waals surface area contributed by atoms with Gasteiger partial charge >= 0.3 is 0 Å². The van der Waals surface area contributed by atoms with Gasteiger partial charge in [-0.25, -0.2) is 0 Å². The Balaban J connectivity index is 2.01. The summed E-state index contributed by atoms with van der Waals surface area (Å²) < 4.78 is 0.437. The molecule has 2 amide bonds. The number of benzene rings is 1. The van der Waals surface area contributed by atoms with Gasteiger partial charge in [-0.2, -0.15) is 0 Å². The lowest BCUT2D eigenvalue weighted by Gasteiger charge is -2.15. The molecular formula is C12H11ClN2O2S2. The van der Waals surface area contributed by atoms with Crippen LogP contribution in [0.15, 0.2) is 24.3 Å². The smallest absolute Gasteiger partial charge is 0.244 e. The second kappa shape index (κ2) is 5.90. The normalized spacial score (nSPS) is 18.8. The fourth-order valence-electron chi connectivity index (χ4n) is 1.61. The maximum absolute atomic E-state index is 11.9. The summed E-state index contributed by atoms with van der Waals surface area (Å²) in [7, 11) is 0.